The molecule has 0 spiro atoms. The Kier molecular flexibility index (Phi) is 3.75. The highest BCUT2D eigenvalue weighted by Crippen LogP contribution is 2.30. The van der Waals surface area contributed by atoms with Gasteiger partial charge in [0.1, 0.15) is 5.75 Å². The summed E-state index contributed by atoms with van der Waals surface area (Å²) >= 11 is 0. The second-order valence-electron chi connectivity index (χ2n) is 5.11. The highest BCUT2D eigenvalue weighted by Gasteiger charge is 2.24. The van der Waals surface area contributed by atoms with Crippen molar-refractivity contribution in [1.82, 2.24) is 0 Å². The maximum atomic E-state index is 12.1. The van der Waals surface area contributed by atoms with Crippen LogP contribution in [0.25, 0.3) is 0 Å². The van der Waals surface area contributed by atoms with Gasteiger partial charge in [-0.05, 0) is 24.5 Å². The number of ether oxygens (including phenoxy) is 1. The standard InChI is InChI=1S/C14H20N2O2/c1-9(2)6-10-8-15-13-7-11(18-3)4-5-12(13)16-14(10)17/h4-5,7,9-10,15H,6,8H2,1-3H3,(H,16,17). The molecule has 1 aromatic carbocycles. The molecule has 0 saturated heterocycles. The van der Waals surface area contributed by atoms with Crippen molar-refractivity contribution in [3.63, 3.8) is 0 Å². The summed E-state index contributed by atoms with van der Waals surface area (Å²) in [6, 6.07) is 5.63. The van der Waals surface area contributed by atoms with E-state index in [9.17, 15) is 4.79 Å². The van der Waals surface area contributed by atoms with Crippen molar-refractivity contribution in [2.45, 2.75) is 20.3 Å². The summed E-state index contributed by atoms with van der Waals surface area (Å²) in [5.74, 6) is 1.42. The monoisotopic (exact) mass is 248 g/mol. The van der Waals surface area contributed by atoms with Crippen molar-refractivity contribution in [2.24, 2.45) is 11.8 Å². The average Bonchev–Trinajstić information content (AvgIpc) is 2.48. The van der Waals surface area contributed by atoms with E-state index in [1.54, 1.807) is 7.11 Å². The number of hydrogen-bond donors (Lipinski definition) is 2. The van der Waals surface area contributed by atoms with Gasteiger partial charge in [0.2, 0.25) is 5.91 Å². The van der Waals surface area contributed by atoms with Crippen molar-refractivity contribution in [3.05, 3.63) is 18.2 Å². The second-order valence-corrected chi connectivity index (χ2v) is 5.11. The van der Waals surface area contributed by atoms with E-state index in [1.165, 1.54) is 0 Å². The molecule has 0 fully saturated rings. The number of carbonyl (C=O) groups excluding carboxylic acids is 1. The summed E-state index contributed by atoms with van der Waals surface area (Å²) in [5.41, 5.74) is 1.75. The van der Waals surface area contributed by atoms with E-state index in [0.717, 1.165) is 23.5 Å². The fourth-order valence-corrected chi connectivity index (χ4v) is 2.23. The minimum absolute atomic E-state index is 0.0170. The topological polar surface area (TPSA) is 50.4 Å². The Balaban J connectivity index is 2.18. The van der Waals surface area contributed by atoms with Gasteiger partial charge in [0.15, 0.2) is 0 Å². The predicted octanol–water partition coefficient (Wildman–Crippen LogP) is 2.72. The van der Waals surface area contributed by atoms with Crippen molar-refractivity contribution >= 4 is 17.3 Å². The molecule has 1 aromatic rings. The van der Waals surface area contributed by atoms with E-state index >= 15 is 0 Å². The van der Waals surface area contributed by atoms with Crippen LogP contribution < -0.4 is 15.4 Å². The molecule has 1 unspecified atom stereocenters. The molecule has 1 atom stereocenters. The summed E-state index contributed by atoms with van der Waals surface area (Å²) in [4.78, 5) is 12.1. The number of benzene rings is 1. The zero-order valence-electron chi connectivity index (χ0n) is 11.1. The first-order valence-electron chi connectivity index (χ1n) is 6.33. The third kappa shape index (κ3) is 2.75. The minimum atomic E-state index is 0.0170. The molecule has 98 valence electrons. The van der Waals surface area contributed by atoms with E-state index < -0.39 is 0 Å². The maximum absolute atomic E-state index is 12.1. The first-order chi connectivity index (χ1) is 8.60. The molecule has 1 aliphatic rings. The Hall–Kier alpha value is -1.71. The zero-order valence-corrected chi connectivity index (χ0v) is 11.1. The number of carbonyl (C=O) groups is 1. The quantitative estimate of drug-likeness (QED) is 0.864. The van der Waals surface area contributed by atoms with Crippen LogP contribution in [-0.4, -0.2) is 19.6 Å². The number of methoxy groups -OCH3 is 1. The molecule has 2 N–H and O–H groups in total. The Labute approximate surface area is 108 Å². The number of fused-ring (bicyclic) bond motifs is 1. The molecular formula is C14H20N2O2. The Bertz CT molecular complexity index is 443. The molecule has 18 heavy (non-hydrogen) atoms. The highest BCUT2D eigenvalue weighted by atomic mass is 16.5. The van der Waals surface area contributed by atoms with Crippen molar-refractivity contribution < 1.29 is 9.53 Å². The minimum Gasteiger partial charge on any atom is -0.497 e. The Morgan fingerprint density at radius 1 is 1.39 bits per heavy atom. The van der Waals surface area contributed by atoms with Crippen LogP contribution in [0.15, 0.2) is 18.2 Å². The number of amides is 1. The first-order valence-corrected chi connectivity index (χ1v) is 6.33. The van der Waals surface area contributed by atoms with Gasteiger partial charge < -0.3 is 15.4 Å². The summed E-state index contributed by atoms with van der Waals surface area (Å²) < 4.78 is 5.19. The van der Waals surface area contributed by atoms with E-state index in [4.69, 9.17) is 4.74 Å². The Morgan fingerprint density at radius 2 is 2.17 bits per heavy atom. The predicted molar refractivity (Wildman–Crippen MR) is 73.1 cm³/mol. The third-order valence-corrected chi connectivity index (χ3v) is 3.15. The fraction of sp³-hybridized carbons (Fsp3) is 0.500. The largest absolute Gasteiger partial charge is 0.497 e. The smallest absolute Gasteiger partial charge is 0.229 e. The van der Waals surface area contributed by atoms with Crippen molar-refractivity contribution in [3.8, 4) is 5.75 Å². The van der Waals surface area contributed by atoms with Gasteiger partial charge in [-0.2, -0.15) is 0 Å². The summed E-state index contributed by atoms with van der Waals surface area (Å²) in [6.07, 6.45) is 0.893. The van der Waals surface area contributed by atoms with Gasteiger partial charge >= 0.3 is 0 Å². The lowest BCUT2D eigenvalue weighted by Crippen LogP contribution is -2.27. The molecule has 0 bridgehead atoms. The molecule has 0 aliphatic carbocycles. The molecule has 1 aliphatic heterocycles. The third-order valence-electron chi connectivity index (χ3n) is 3.15. The van der Waals surface area contributed by atoms with Gasteiger partial charge in [0.05, 0.1) is 24.4 Å². The summed E-state index contributed by atoms with van der Waals surface area (Å²) in [7, 11) is 1.64. The fourth-order valence-electron chi connectivity index (χ4n) is 2.23. The molecule has 0 aromatic heterocycles. The molecular weight excluding hydrogens is 228 g/mol. The van der Waals surface area contributed by atoms with E-state index in [1.807, 2.05) is 18.2 Å². The number of anilines is 2. The van der Waals surface area contributed by atoms with Gasteiger partial charge in [-0.1, -0.05) is 13.8 Å². The van der Waals surface area contributed by atoms with Gasteiger partial charge in [0.25, 0.3) is 0 Å². The van der Waals surface area contributed by atoms with Crippen LogP contribution >= 0.6 is 0 Å². The lowest BCUT2D eigenvalue weighted by atomic mass is 9.96. The van der Waals surface area contributed by atoms with Gasteiger partial charge in [-0.15, -0.1) is 0 Å². The first kappa shape index (κ1) is 12.7. The van der Waals surface area contributed by atoms with Gasteiger partial charge in [-0.25, -0.2) is 0 Å². The lowest BCUT2D eigenvalue weighted by Gasteiger charge is -2.15. The van der Waals surface area contributed by atoms with E-state index in [0.29, 0.717) is 12.5 Å². The molecule has 1 amide bonds. The van der Waals surface area contributed by atoms with Crippen LogP contribution in [0.1, 0.15) is 20.3 Å². The molecule has 4 nitrogen and oxygen atoms in total. The maximum Gasteiger partial charge on any atom is 0.229 e. The molecule has 0 saturated carbocycles. The van der Waals surface area contributed by atoms with Crippen molar-refractivity contribution in [2.75, 3.05) is 24.3 Å². The lowest BCUT2D eigenvalue weighted by molar-refractivity contribution is -0.119. The summed E-state index contributed by atoms with van der Waals surface area (Å²) in [5, 5.41) is 6.29. The molecule has 1 heterocycles. The van der Waals surface area contributed by atoms with Gasteiger partial charge in [-0.3, -0.25) is 4.79 Å². The summed E-state index contributed by atoms with van der Waals surface area (Å²) in [6.45, 7) is 4.94. The van der Waals surface area contributed by atoms with Crippen LogP contribution in [0.4, 0.5) is 11.4 Å². The molecule has 0 radical (unpaired) electrons. The van der Waals surface area contributed by atoms with E-state index in [2.05, 4.69) is 24.5 Å². The van der Waals surface area contributed by atoms with Crippen LogP contribution in [0, 0.1) is 11.8 Å². The normalized spacial score (nSPS) is 18.7. The van der Waals surface area contributed by atoms with E-state index in [-0.39, 0.29) is 11.8 Å². The van der Waals surface area contributed by atoms with Crippen LogP contribution in [0.3, 0.4) is 0 Å². The van der Waals surface area contributed by atoms with Crippen molar-refractivity contribution in [1.29, 1.82) is 0 Å². The van der Waals surface area contributed by atoms with Gasteiger partial charge in [0, 0.05) is 12.6 Å². The molecule has 4 heteroatoms. The molecule has 2 rings (SSSR count). The SMILES string of the molecule is COc1ccc2c(c1)NCC(CC(C)C)C(=O)N2. The number of hydrogen-bond acceptors (Lipinski definition) is 3. The van der Waals surface area contributed by atoms with Crippen LogP contribution in [-0.2, 0) is 4.79 Å². The highest BCUT2D eigenvalue weighted by molar-refractivity contribution is 5.97. The number of rotatable bonds is 3. The Morgan fingerprint density at radius 3 is 2.83 bits per heavy atom. The van der Waals surface area contributed by atoms with Crippen LogP contribution in [0.2, 0.25) is 0 Å². The average molecular weight is 248 g/mol. The zero-order chi connectivity index (χ0) is 13.1. The van der Waals surface area contributed by atoms with Crippen LogP contribution in [0.5, 0.6) is 5.75 Å². The number of nitrogens with one attached hydrogen (secondary N) is 2. The second kappa shape index (κ2) is 5.29.